The number of benzene rings is 13. The molecule has 13 aromatic carbocycles. The largest absolute Gasteiger partial charge is 0.314 e. The monoisotopic (exact) mass is 1150 g/mol. The van der Waals surface area contributed by atoms with E-state index in [1.54, 1.807) is 0 Å². The van der Waals surface area contributed by atoms with Crippen LogP contribution in [0.5, 0.6) is 0 Å². The van der Waals surface area contributed by atoms with Crippen LogP contribution in [0.3, 0.4) is 0 Å². The van der Waals surface area contributed by atoms with E-state index in [0.29, 0.717) is 0 Å². The fourth-order valence-corrected chi connectivity index (χ4v) is 16.0. The lowest BCUT2D eigenvalue weighted by atomic mass is 9.79. The second kappa shape index (κ2) is 20.0. The molecular weight excluding hydrogens is 1080 g/mol. The molecule has 430 valence electrons. The highest BCUT2D eigenvalue weighted by Gasteiger charge is 2.38. The zero-order valence-electron chi connectivity index (χ0n) is 52.3. The van der Waals surface area contributed by atoms with Crippen LogP contribution in [-0.4, -0.2) is 9.13 Å². The van der Waals surface area contributed by atoms with E-state index in [0.717, 1.165) is 11.4 Å². The second-order valence-corrected chi connectivity index (χ2v) is 26.5. The van der Waals surface area contributed by atoms with Crippen molar-refractivity contribution in [2.45, 2.75) is 66.2 Å². The Morgan fingerprint density at radius 2 is 0.533 bits per heavy atom. The summed E-state index contributed by atoms with van der Waals surface area (Å²) in [4.78, 5) is 0. The van der Waals surface area contributed by atoms with Crippen LogP contribution in [0.15, 0.2) is 267 Å². The SMILES string of the molecule is Cc1c(C)n(-c2cc(-c3ccccc3)cc(-c3ccccc3)c2)c2cc3c(-c4ccc5c(c4)C(C)(C)c4ccccc4-5)c4cc5c(C)c(C)n(-c6cc(-c7ccccc7)cc(-c7ccccc7)c6)c5cc4c(-c4ccc5c(c4)C(C)(C)c4ccccc4-5)c3cc12. The predicted molar refractivity (Wildman–Crippen MR) is 382 cm³/mol. The first-order valence-corrected chi connectivity index (χ1v) is 31.9. The van der Waals surface area contributed by atoms with Gasteiger partial charge in [-0.2, -0.15) is 0 Å². The molecule has 0 saturated heterocycles. The molecule has 0 fully saturated rings. The Morgan fingerprint density at radius 3 is 0.878 bits per heavy atom. The van der Waals surface area contributed by atoms with Gasteiger partial charge in [-0.3, -0.25) is 0 Å². The molecule has 2 heteroatoms. The van der Waals surface area contributed by atoms with Crippen molar-refractivity contribution in [1.82, 2.24) is 9.13 Å². The molecule has 90 heavy (non-hydrogen) atoms. The van der Waals surface area contributed by atoms with Gasteiger partial charge in [0.25, 0.3) is 0 Å². The van der Waals surface area contributed by atoms with Crippen molar-refractivity contribution in [2.24, 2.45) is 0 Å². The number of hydrogen-bond donors (Lipinski definition) is 0. The third-order valence-electron chi connectivity index (χ3n) is 20.9. The van der Waals surface area contributed by atoms with Gasteiger partial charge in [-0.25, -0.2) is 0 Å². The molecule has 0 saturated carbocycles. The molecule has 0 radical (unpaired) electrons. The number of aryl methyl sites for hydroxylation is 2. The molecule has 0 bridgehead atoms. The summed E-state index contributed by atoms with van der Waals surface area (Å²) in [6.07, 6.45) is 0. The van der Waals surface area contributed by atoms with E-state index in [9.17, 15) is 0 Å². The Labute approximate surface area is 527 Å². The van der Waals surface area contributed by atoms with Crippen LogP contribution in [-0.2, 0) is 10.8 Å². The number of fused-ring (bicyclic) bond motifs is 10. The van der Waals surface area contributed by atoms with Crippen LogP contribution in [0.4, 0.5) is 0 Å². The minimum atomic E-state index is -0.205. The van der Waals surface area contributed by atoms with Crippen molar-refractivity contribution in [3.63, 3.8) is 0 Å². The summed E-state index contributed by atoms with van der Waals surface area (Å²) >= 11 is 0. The van der Waals surface area contributed by atoms with Crippen LogP contribution in [0.2, 0.25) is 0 Å². The topological polar surface area (TPSA) is 9.86 Å². The highest BCUT2D eigenvalue weighted by atomic mass is 15.0. The lowest BCUT2D eigenvalue weighted by Gasteiger charge is -2.24. The molecule has 2 heterocycles. The second-order valence-electron chi connectivity index (χ2n) is 26.5. The van der Waals surface area contributed by atoms with Crippen LogP contribution >= 0.6 is 0 Å². The number of hydrogen-bond acceptors (Lipinski definition) is 0. The molecule has 2 aromatic heterocycles. The molecule has 15 aromatic rings. The van der Waals surface area contributed by atoms with Gasteiger partial charge in [-0.1, -0.05) is 222 Å². The molecule has 2 aliphatic rings. The van der Waals surface area contributed by atoms with E-state index in [-0.39, 0.29) is 10.8 Å². The van der Waals surface area contributed by atoms with Gasteiger partial charge in [-0.05, 0) is 244 Å². The van der Waals surface area contributed by atoms with Crippen LogP contribution in [0, 0.1) is 27.7 Å². The summed E-state index contributed by atoms with van der Waals surface area (Å²) in [6, 6.07) is 101. The Bertz CT molecular complexity index is 5020. The molecule has 0 unspecified atom stereocenters. The average molecular weight is 1150 g/mol. The van der Waals surface area contributed by atoms with Crippen molar-refractivity contribution < 1.29 is 0 Å². The molecular formula is C88H68N2. The number of nitrogens with zero attached hydrogens (tertiary/aromatic N) is 2. The number of rotatable bonds is 8. The molecule has 2 aliphatic carbocycles. The molecule has 0 spiro atoms. The van der Waals surface area contributed by atoms with Gasteiger partial charge in [0.15, 0.2) is 0 Å². The molecule has 17 rings (SSSR count). The predicted octanol–water partition coefficient (Wildman–Crippen LogP) is 23.7. The smallest absolute Gasteiger partial charge is 0.0540 e. The minimum Gasteiger partial charge on any atom is -0.314 e. The van der Waals surface area contributed by atoms with Gasteiger partial charge in [0.05, 0.1) is 11.0 Å². The highest BCUT2D eigenvalue weighted by Crippen LogP contribution is 2.55. The summed E-state index contributed by atoms with van der Waals surface area (Å²) in [5.41, 5.74) is 34.5. The summed E-state index contributed by atoms with van der Waals surface area (Å²) in [5.74, 6) is 0. The summed E-state index contributed by atoms with van der Waals surface area (Å²) in [6.45, 7) is 19.0. The Hall–Kier alpha value is -10.5. The lowest BCUT2D eigenvalue weighted by molar-refractivity contribution is 0.660. The van der Waals surface area contributed by atoms with Crippen LogP contribution < -0.4 is 0 Å². The summed E-state index contributed by atoms with van der Waals surface area (Å²) in [7, 11) is 0. The van der Waals surface area contributed by atoms with Crippen molar-refractivity contribution in [3.05, 3.63) is 312 Å². The van der Waals surface area contributed by atoms with E-state index < -0.39 is 0 Å². The highest BCUT2D eigenvalue weighted by molar-refractivity contribution is 6.26. The minimum absolute atomic E-state index is 0.205. The maximum atomic E-state index is 2.58. The average Bonchev–Trinajstić information content (AvgIpc) is 1.37. The van der Waals surface area contributed by atoms with Crippen molar-refractivity contribution in [3.8, 4) is 100 Å². The lowest BCUT2D eigenvalue weighted by Crippen LogP contribution is -2.15. The Balaban J connectivity index is 1.02. The first kappa shape index (κ1) is 53.7. The zero-order chi connectivity index (χ0) is 60.9. The van der Waals surface area contributed by atoms with Crippen LogP contribution in [0.1, 0.15) is 72.5 Å². The van der Waals surface area contributed by atoms with E-state index >= 15 is 0 Å². The van der Waals surface area contributed by atoms with E-state index in [4.69, 9.17) is 0 Å². The first-order valence-electron chi connectivity index (χ1n) is 31.9. The third kappa shape index (κ3) is 8.03. The molecule has 0 amide bonds. The fourth-order valence-electron chi connectivity index (χ4n) is 16.0. The van der Waals surface area contributed by atoms with Crippen molar-refractivity contribution in [1.29, 1.82) is 0 Å². The fraction of sp³-hybridized carbons (Fsp3) is 0.114. The summed E-state index contributed by atoms with van der Waals surface area (Å²) < 4.78 is 5.11. The van der Waals surface area contributed by atoms with Gasteiger partial charge in [0, 0.05) is 44.4 Å². The number of aromatic nitrogens is 2. The Kier molecular flexibility index (Phi) is 11.9. The van der Waals surface area contributed by atoms with Crippen LogP contribution in [0.25, 0.3) is 144 Å². The maximum Gasteiger partial charge on any atom is 0.0540 e. The van der Waals surface area contributed by atoms with Crippen molar-refractivity contribution >= 4 is 43.4 Å². The van der Waals surface area contributed by atoms with Crippen molar-refractivity contribution in [2.75, 3.05) is 0 Å². The zero-order valence-corrected chi connectivity index (χ0v) is 52.3. The molecule has 0 aliphatic heterocycles. The summed E-state index contributed by atoms with van der Waals surface area (Å²) in [5, 5.41) is 7.46. The maximum absolute atomic E-state index is 2.58. The van der Waals surface area contributed by atoms with E-state index in [1.807, 2.05) is 0 Å². The van der Waals surface area contributed by atoms with E-state index in [1.165, 1.54) is 177 Å². The van der Waals surface area contributed by atoms with Gasteiger partial charge >= 0.3 is 0 Å². The first-order chi connectivity index (χ1) is 43.8. The Morgan fingerprint density at radius 1 is 0.233 bits per heavy atom. The normalized spacial score (nSPS) is 13.5. The standard InChI is InChI=1S/C88H68N2/c1-53-55(3)89(67-43-63(57-25-13-9-14-26-57)41-64(44-67)58-27-15-10-16-28-58)83-51-77-75(49-73(53)83)85(61-37-39-71-69-33-21-23-35-79(69)87(5,6)81(71)47-61)78-52-84-74(50-76(78)86(77)62-38-40-72-70-34-22-24-36-80(70)88(7,8)82(72)48-62)54(2)56(4)90(84)68-45-65(59-29-17-11-18-30-59)42-66(46-68)60-31-19-12-20-32-60/h9-52H,1-8H3. The van der Waals surface area contributed by atoms with Gasteiger partial charge in [0.1, 0.15) is 0 Å². The third-order valence-corrected chi connectivity index (χ3v) is 20.9. The quantitative estimate of drug-likeness (QED) is 0.134. The van der Waals surface area contributed by atoms with E-state index in [2.05, 4.69) is 331 Å². The van der Waals surface area contributed by atoms with Gasteiger partial charge < -0.3 is 9.13 Å². The molecule has 2 nitrogen and oxygen atoms in total. The van der Waals surface area contributed by atoms with Gasteiger partial charge in [-0.15, -0.1) is 0 Å². The molecule has 0 atom stereocenters. The molecule has 0 N–H and O–H groups in total. The van der Waals surface area contributed by atoms with Gasteiger partial charge in [0.2, 0.25) is 0 Å².